The van der Waals surface area contributed by atoms with E-state index in [0.29, 0.717) is 23.7 Å². The maximum Gasteiger partial charge on any atom is 0.253 e. The second-order valence-electron chi connectivity index (χ2n) is 5.45. The number of carbonyl (C=O) groups is 1. The Hall–Kier alpha value is -2.92. The number of anilines is 1. The number of halogens is 1. The van der Waals surface area contributed by atoms with Gasteiger partial charge in [0.05, 0.1) is 23.5 Å². The number of amides is 1. The fourth-order valence-corrected chi connectivity index (χ4v) is 2.37. The van der Waals surface area contributed by atoms with E-state index < -0.39 is 0 Å². The number of benzene rings is 1. The second-order valence-corrected chi connectivity index (χ2v) is 5.88. The van der Waals surface area contributed by atoms with E-state index in [2.05, 4.69) is 20.6 Å². The Morgan fingerprint density at radius 3 is 2.64 bits per heavy atom. The van der Waals surface area contributed by atoms with Crippen molar-refractivity contribution in [3.63, 3.8) is 0 Å². The number of nitrogens with one attached hydrogen (secondary N) is 2. The van der Waals surface area contributed by atoms with Crippen LogP contribution in [0.2, 0.25) is 5.02 Å². The number of rotatable bonds is 6. The van der Waals surface area contributed by atoms with Gasteiger partial charge in [-0.2, -0.15) is 0 Å². The first kappa shape index (κ1) is 16.9. The molecule has 0 bridgehead atoms. The van der Waals surface area contributed by atoms with E-state index in [0.717, 1.165) is 16.9 Å². The maximum absolute atomic E-state index is 12.3. The molecule has 6 heteroatoms. The maximum atomic E-state index is 12.3. The molecule has 2 N–H and O–H groups in total. The van der Waals surface area contributed by atoms with Crippen LogP contribution in [0.1, 0.15) is 21.6 Å². The lowest BCUT2D eigenvalue weighted by Gasteiger charge is -2.09. The van der Waals surface area contributed by atoms with Crippen molar-refractivity contribution in [1.82, 2.24) is 15.3 Å². The predicted octanol–water partition coefficient (Wildman–Crippen LogP) is 3.67. The van der Waals surface area contributed by atoms with Crippen molar-refractivity contribution in [2.45, 2.75) is 13.1 Å². The molecule has 25 heavy (non-hydrogen) atoms. The van der Waals surface area contributed by atoms with Crippen LogP contribution in [-0.2, 0) is 13.1 Å². The molecular formula is C19H17ClN4O. The predicted molar refractivity (Wildman–Crippen MR) is 98.4 cm³/mol. The van der Waals surface area contributed by atoms with Crippen LogP contribution < -0.4 is 10.6 Å². The molecule has 0 saturated carbocycles. The lowest BCUT2D eigenvalue weighted by atomic mass is 10.2. The molecule has 2 aromatic heterocycles. The zero-order valence-corrected chi connectivity index (χ0v) is 14.2. The highest BCUT2D eigenvalue weighted by molar-refractivity contribution is 6.30. The number of nitrogens with zero attached hydrogens (tertiary/aromatic N) is 2. The summed E-state index contributed by atoms with van der Waals surface area (Å²) in [6.07, 6.45) is 4.93. The van der Waals surface area contributed by atoms with Gasteiger partial charge in [-0.25, -0.2) is 0 Å². The number of hydrogen-bond donors (Lipinski definition) is 2. The molecule has 0 fully saturated rings. The molecule has 0 radical (unpaired) electrons. The first-order chi connectivity index (χ1) is 12.2. The van der Waals surface area contributed by atoms with Gasteiger partial charge in [-0.1, -0.05) is 29.8 Å². The largest absolute Gasteiger partial charge is 0.380 e. The van der Waals surface area contributed by atoms with E-state index >= 15 is 0 Å². The van der Waals surface area contributed by atoms with Crippen molar-refractivity contribution in [3.05, 3.63) is 89.0 Å². The van der Waals surface area contributed by atoms with Crippen molar-refractivity contribution in [3.8, 4) is 0 Å². The van der Waals surface area contributed by atoms with E-state index in [9.17, 15) is 4.79 Å². The highest BCUT2D eigenvalue weighted by Crippen LogP contribution is 2.13. The molecule has 2 heterocycles. The van der Waals surface area contributed by atoms with Gasteiger partial charge in [0.15, 0.2) is 0 Å². The smallest absolute Gasteiger partial charge is 0.253 e. The van der Waals surface area contributed by atoms with Gasteiger partial charge in [0, 0.05) is 30.2 Å². The monoisotopic (exact) mass is 352 g/mol. The Morgan fingerprint density at radius 1 is 1.04 bits per heavy atom. The van der Waals surface area contributed by atoms with Crippen LogP contribution in [-0.4, -0.2) is 15.9 Å². The summed E-state index contributed by atoms with van der Waals surface area (Å²) in [4.78, 5) is 20.6. The Balaban J connectivity index is 1.58. The lowest BCUT2D eigenvalue weighted by Crippen LogP contribution is -2.23. The minimum atomic E-state index is -0.187. The molecule has 0 unspecified atom stereocenters. The molecule has 0 saturated heterocycles. The van der Waals surface area contributed by atoms with Gasteiger partial charge < -0.3 is 10.6 Å². The summed E-state index contributed by atoms with van der Waals surface area (Å²) in [5.74, 6) is -0.187. The minimum absolute atomic E-state index is 0.187. The first-order valence-electron chi connectivity index (χ1n) is 7.82. The summed E-state index contributed by atoms with van der Waals surface area (Å²) >= 11 is 5.88. The topological polar surface area (TPSA) is 66.9 Å². The summed E-state index contributed by atoms with van der Waals surface area (Å²) in [6.45, 7) is 1.000. The summed E-state index contributed by atoms with van der Waals surface area (Å²) in [6, 6.07) is 15.0. The fraction of sp³-hybridized carbons (Fsp3) is 0.105. The molecule has 0 aliphatic heterocycles. The third-order valence-electron chi connectivity index (χ3n) is 3.57. The molecule has 1 aromatic carbocycles. The number of hydrogen-bond acceptors (Lipinski definition) is 4. The molecule has 3 rings (SSSR count). The summed E-state index contributed by atoms with van der Waals surface area (Å²) in [5, 5.41) is 6.80. The molecule has 0 aliphatic rings. The zero-order valence-electron chi connectivity index (χ0n) is 13.4. The first-order valence-corrected chi connectivity index (χ1v) is 8.20. The fourth-order valence-electron chi connectivity index (χ4n) is 2.24. The van der Waals surface area contributed by atoms with Crippen LogP contribution in [0.25, 0.3) is 0 Å². The third-order valence-corrected chi connectivity index (χ3v) is 3.82. The Kier molecular flexibility index (Phi) is 5.59. The van der Waals surface area contributed by atoms with Gasteiger partial charge >= 0.3 is 0 Å². The number of pyridine rings is 2. The van der Waals surface area contributed by atoms with Crippen molar-refractivity contribution in [2.24, 2.45) is 0 Å². The normalized spacial score (nSPS) is 10.3. The molecular weight excluding hydrogens is 336 g/mol. The molecule has 3 aromatic rings. The number of carbonyl (C=O) groups excluding carboxylic acids is 1. The molecule has 0 aliphatic carbocycles. The van der Waals surface area contributed by atoms with Crippen LogP contribution >= 0.6 is 11.6 Å². The SMILES string of the molecule is O=C(NCc1ccccn1)c1cncc(NCc2ccc(Cl)cc2)c1. The van der Waals surface area contributed by atoms with Crippen molar-refractivity contribution >= 4 is 23.2 Å². The van der Waals surface area contributed by atoms with E-state index in [1.54, 1.807) is 24.7 Å². The van der Waals surface area contributed by atoms with Crippen LogP contribution in [0.3, 0.4) is 0 Å². The summed E-state index contributed by atoms with van der Waals surface area (Å²) in [5.41, 5.74) is 3.17. The van der Waals surface area contributed by atoms with Crippen LogP contribution in [0.15, 0.2) is 67.1 Å². The van der Waals surface area contributed by atoms with E-state index in [4.69, 9.17) is 11.6 Å². The molecule has 1 amide bonds. The van der Waals surface area contributed by atoms with E-state index in [1.807, 2.05) is 42.5 Å². The Labute approximate surface area is 151 Å². The van der Waals surface area contributed by atoms with Crippen molar-refractivity contribution in [2.75, 3.05) is 5.32 Å². The lowest BCUT2D eigenvalue weighted by molar-refractivity contribution is 0.0950. The molecule has 0 spiro atoms. The van der Waals surface area contributed by atoms with E-state index in [1.165, 1.54) is 0 Å². The quantitative estimate of drug-likeness (QED) is 0.710. The van der Waals surface area contributed by atoms with Crippen LogP contribution in [0.4, 0.5) is 5.69 Å². The standard InChI is InChI=1S/C19H17ClN4O/c20-16-6-4-14(5-7-16)10-23-18-9-15(11-21-12-18)19(25)24-13-17-3-1-2-8-22-17/h1-9,11-12,23H,10,13H2,(H,24,25). The summed E-state index contributed by atoms with van der Waals surface area (Å²) < 4.78 is 0. The van der Waals surface area contributed by atoms with Gasteiger partial charge in [-0.3, -0.25) is 14.8 Å². The average Bonchev–Trinajstić information content (AvgIpc) is 2.67. The number of aromatic nitrogens is 2. The van der Waals surface area contributed by atoms with Gasteiger partial charge in [0.25, 0.3) is 5.91 Å². The second kappa shape index (κ2) is 8.26. The van der Waals surface area contributed by atoms with Gasteiger partial charge in [-0.15, -0.1) is 0 Å². The highest BCUT2D eigenvalue weighted by Gasteiger charge is 2.07. The summed E-state index contributed by atoms with van der Waals surface area (Å²) in [7, 11) is 0. The van der Waals surface area contributed by atoms with Crippen molar-refractivity contribution in [1.29, 1.82) is 0 Å². The van der Waals surface area contributed by atoms with Gasteiger partial charge in [-0.05, 0) is 35.9 Å². The minimum Gasteiger partial charge on any atom is -0.380 e. The van der Waals surface area contributed by atoms with Gasteiger partial charge in [0.1, 0.15) is 0 Å². The molecule has 5 nitrogen and oxygen atoms in total. The average molecular weight is 353 g/mol. The van der Waals surface area contributed by atoms with E-state index in [-0.39, 0.29) is 5.91 Å². The molecule has 0 atom stereocenters. The Morgan fingerprint density at radius 2 is 1.88 bits per heavy atom. The zero-order chi connectivity index (χ0) is 17.5. The Bertz CT molecular complexity index is 838. The van der Waals surface area contributed by atoms with Crippen LogP contribution in [0.5, 0.6) is 0 Å². The highest BCUT2D eigenvalue weighted by atomic mass is 35.5. The van der Waals surface area contributed by atoms with Crippen molar-refractivity contribution < 1.29 is 4.79 Å². The van der Waals surface area contributed by atoms with Gasteiger partial charge in [0.2, 0.25) is 0 Å². The third kappa shape index (κ3) is 5.02. The molecule has 126 valence electrons. The van der Waals surface area contributed by atoms with Crippen LogP contribution in [0, 0.1) is 0 Å².